The summed E-state index contributed by atoms with van der Waals surface area (Å²) in [6, 6.07) is -0.615. The summed E-state index contributed by atoms with van der Waals surface area (Å²) in [5.41, 5.74) is 0. The lowest BCUT2D eigenvalue weighted by Gasteiger charge is -2.00. The van der Waals surface area contributed by atoms with E-state index in [0.717, 1.165) is 0 Å². The molecule has 1 atom stereocenters. The van der Waals surface area contributed by atoms with Gasteiger partial charge in [-0.3, -0.25) is 0 Å². The normalized spacial score (nSPS) is 22.5. The molecular formula is C4H5N3O3. The lowest BCUT2D eigenvalue weighted by atomic mass is 10.5. The molecule has 0 aromatic carbocycles. The molecule has 1 unspecified atom stereocenters. The largest absolute Gasteiger partial charge is 0.466 e. The first-order valence-electron chi connectivity index (χ1n) is 2.53. The lowest BCUT2D eigenvalue weighted by molar-refractivity contribution is -0.142. The lowest BCUT2D eigenvalue weighted by Crippen LogP contribution is -2.33. The zero-order valence-electron chi connectivity index (χ0n) is 5.20. The summed E-state index contributed by atoms with van der Waals surface area (Å²) >= 11 is 0. The molecule has 0 fully saturated rings. The van der Waals surface area contributed by atoms with Crippen molar-refractivity contribution >= 4 is 12.0 Å². The zero-order chi connectivity index (χ0) is 7.56. The second kappa shape index (κ2) is 2.42. The molecule has 1 rings (SSSR count). The molecule has 1 N–H and O–H groups in total. The molecule has 0 aromatic rings. The summed E-state index contributed by atoms with van der Waals surface area (Å²) in [6.07, 6.45) is -0.947. The number of amides is 2. The number of azo groups is 1. The molecule has 0 spiro atoms. The predicted octanol–water partition coefficient (Wildman–Crippen LogP) is -0.339. The fourth-order valence-electron chi connectivity index (χ4n) is 0.503. The van der Waals surface area contributed by atoms with Crippen molar-refractivity contribution in [1.82, 2.24) is 5.32 Å². The molecule has 0 saturated carbocycles. The van der Waals surface area contributed by atoms with E-state index < -0.39 is 18.2 Å². The molecular weight excluding hydrogens is 138 g/mol. The molecule has 54 valence electrons. The van der Waals surface area contributed by atoms with Crippen molar-refractivity contribution in [3.05, 3.63) is 0 Å². The van der Waals surface area contributed by atoms with Crippen molar-refractivity contribution in [2.24, 2.45) is 10.2 Å². The molecule has 1 aliphatic heterocycles. The van der Waals surface area contributed by atoms with Crippen molar-refractivity contribution in [3.63, 3.8) is 0 Å². The van der Waals surface area contributed by atoms with Crippen LogP contribution in [-0.4, -0.2) is 25.3 Å². The Hall–Kier alpha value is -1.46. The third-order valence-electron chi connectivity index (χ3n) is 0.949. The molecule has 2 amide bonds. The summed E-state index contributed by atoms with van der Waals surface area (Å²) in [4.78, 5) is 20.9. The second-order valence-electron chi connectivity index (χ2n) is 1.59. The van der Waals surface area contributed by atoms with Crippen molar-refractivity contribution in [2.75, 3.05) is 7.11 Å². The number of carbonyl (C=O) groups is 2. The van der Waals surface area contributed by atoms with Gasteiger partial charge in [0, 0.05) is 0 Å². The van der Waals surface area contributed by atoms with Gasteiger partial charge in [-0.2, -0.15) is 0 Å². The first-order chi connectivity index (χ1) is 4.74. The van der Waals surface area contributed by atoms with E-state index >= 15 is 0 Å². The minimum absolute atomic E-state index is 0.615. The molecule has 1 heterocycles. The minimum atomic E-state index is -0.947. The van der Waals surface area contributed by atoms with E-state index in [4.69, 9.17) is 0 Å². The maximum Gasteiger partial charge on any atom is 0.361 e. The van der Waals surface area contributed by atoms with Gasteiger partial charge in [-0.1, -0.05) is 5.11 Å². The highest BCUT2D eigenvalue weighted by Gasteiger charge is 2.25. The molecule has 10 heavy (non-hydrogen) atoms. The van der Waals surface area contributed by atoms with Crippen LogP contribution in [0.4, 0.5) is 4.79 Å². The number of methoxy groups -OCH3 is 1. The van der Waals surface area contributed by atoms with E-state index in [1.54, 1.807) is 0 Å². The first-order valence-corrected chi connectivity index (χ1v) is 2.53. The molecule has 0 radical (unpaired) electrons. The van der Waals surface area contributed by atoms with Crippen LogP contribution in [-0.2, 0) is 9.53 Å². The van der Waals surface area contributed by atoms with Crippen LogP contribution < -0.4 is 5.32 Å². The van der Waals surface area contributed by atoms with Gasteiger partial charge in [-0.25, -0.2) is 9.59 Å². The third kappa shape index (κ3) is 1.09. The van der Waals surface area contributed by atoms with Gasteiger partial charge in [0.05, 0.1) is 7.11 Å². The molecule has 6 nitrogen and oxygen atoms in total. The van der Waals surface area contributed by atoms with Gasteiger partial charge in [-0.05, 0) is 0 Å². The van der Waals surface area contributed by atoms with Gasteiger partial charge in [0.1, 0.15) is 0 Å². The van der Waals surface area contributed by atoms with E-state index in [2.05, 4.69) is 20.3 Å². The Labute approximate surface area is 56.3 Å². The molecule has 1 aliphatic rings. The van der Waals surface area contributed by atoms with Crippen LogP contribution in [0.15, 0.2) is 10.2 Å². The van der Waals surface area contributed by atoms with Crippen LogP contribution in [0.25, 0.3) is 0 Å². The van der Waals surface area contributed by atoms with E-state index in [-0.39, 0.29) is 0 Å². The summed E-state index contributed by atoms with van der Waals surface area (Å²) in [5.74, 6) is -0.616. The predicted molar refractivity (Wildman–Crippen MR) is 29.2 cm³/mol. The Bertz CT molecular complexity index is 200. The number of urea groups is 1. The van der Waals surface area contributed by atoms with Crippen molar-refractivity contribution < 1.29 is 14.3 Å². The molecule has 0 saturated heterocycles. The Morgan fingerprint density at radius 1 is 1.80 bits per heavy atom. The number of hydrogen-bond donors (Lipinski definition) is 1. The summed E-state index contributed by atoms with van der Waals surface area (Å²) < 4.78 is 4.28. The van der Waals surface area contributed by atoms with Crippen molar-refractivity contribution in [1.29, 1.82) is 0 Å². The third-order valence-corrected chi connectivity index (χ3v) is 0.949. The van der Waals surface area contributed by atoms with Gasteiger partial charge in [0.25, 0.3) is 0 Å². The van der Waals surface area contributed by atoms with Crippen LogP contribution in [0.5, 0.6) is 0 Å². The number of nitrogens with zero attached hydrogens (tertiary/aromatic N) is 2. The Morgan fingerprint density at radius 3 is 2.90 bits per heavy atom. The van der Waals surface area contributed by atoms with Gasteiger partial charge in [-0.15, -0.1) is 5.11 Å². The number of esters is 1. The Morgan fingerprint density at radius 2 is 2.50 bits per heavy atom. The van der Waals surface area contributed by atoms with Crippen LogP contribution in [0.1, 0.15) is 0 Å². The van der Waals surface area contributed by atoms with Gasteiger partial charge >= 0.3 is 12.0 Å². The minimum Gasteiger partial charge on any atom is -0.466 e. The summed E-state index contributed by atoms with van der Waals surface area (Å²) in [6.45, 7) is 0. The number of nitrogens with one attached hydrogen (secondary N) is 1. The molecule has 0 aromatic heterocycles. The summed E-state index contributed by atoms with van der Waals surface area (Å²) in [5, 5.41) is 8.50. The SMILES string of the molecule is COC(=O)C1N=NC(=O)N1. The number of rotatable bonds is 1. The maximum absolute atomic E-state index is 10.6. The smallest absolute Gasteiger partial charge is 0.361 e. The van der Waals surface area contributed by atoms with E-state index in [9.17, 15) is 9.59 Å². The highest BCUT2D eigenvalue weighted by molar-refractivity contribution is 5.85. The fourth-order valence-corrected chi connectivity index (χ4v) is 0.503. The van der Waals surface area contributed by atoms with E-state index in [0.29, 0.717) is 0 Å². The average molecular weight is 143 g/mol. The fraction of sp³-hybridized carbons (Fsp3) is 0.500. The topological polar surface area (TPSA) is 80.1 Å². The molecule has 0 aliphatic carbocycles. The van der Waals surface area contributed by atoms with Crippen LogP contribution in [0.2, 0.25) is 0 Å². The maximum atomic E-state index is 10.6. The second-order valence-corrected chi connectivity index (χ2v) is 1.59. The van der Waals surface area contributed by atoms with Crippen LogP contribution in [0.3, 0.4) is 0 Å². The first kappa shape index (κ1) is 6.66. The number of carbonyl (C=O) groups excluding carboxylic acids is 2. The quantitative estimate of drug-likeness (QED) is 0.510. The van der Waals surface area contributed by atoms with Crippen LogP contribution >= 0.6 is 0 Å². The number of hydrogen-bond acceptors (Lipinski definition) is 4. The van der Waals surface area contributed by atoms with Gasteiger partial charge in [0.15, 0.2) is 0 Å². The van der Waals surface area contributed by atoms with Crippen LogP contribution in [0, 0.1) is 0 Å². The highest BCUT2D eigenvalue weighted by Crippen LogP contribution is 1.99. The molecule has 6 heteroatoms. The highest BCUT2D eigenvalue weighted by atomic mass is 16.5. The van der Waals surface area contributed by atoms with E-state index in [1.807, 2.05) is 0 Å². The van der Waals surface area contributed by atoms with Gasteiger partial charge in [0.2, 0.25) is 6.17 Å². The van der Waals surface area contributed by atoms with Crippen molar-refractivity contribution in [3.8, 4) is 0 Å². The average Bonchev–Trinajstić information content (AvgIpc) is 2.34. The standard InChI is InChI=1S/C4H5N3O3/c1-10-3(8)2-5-4(9)7-6-2/h2H,1H3,(H,5,9). The zero-order valence-corrected chi connectivity index (χ0v) is 5.20. The Balaban J connectivity index is 2.54. The van der Waals surface area contributed by atoms with Gasteiger partial charge < -0.3 is 10.1 Å². The van der Waals surface area contributed by atoms with Crippen molar-refractivity contribution in [2.45, 2.75) is 6.17 Å². The monoisotopic (exact) mass is 143 g/mol. The molecule has 0 bridgehead atoms. The summed E-state index contributed by atoms with van der Waals surface area (Å²) in [7, 11) is 1.21. The van der Waals surface area contributed by atoms with E-state index in [1.165, 1.54) is 7.11 Å². The number of ether oxygens (including phenoxy) is 1. The Kier molecular flexibility index (Phi) is 1.61.